The lowest BCUT2D eigenvalue weighted by atomic mass is 10.1. The lowest BCUT2D eigenvalue weighted by Crippen LogP contribution is -2.08. The summed E-state index contributed by atoms with van der Waals surface area (Å²) >= 11 is 5.23. The molecule has 0 radical (unpaired) electrons. The van der Waals surface area contributed by atoms with Gasteiger partial charge in [-0.2, -0.15) is 0 Å². The molecule has 4 heteroatoms. The first-order chi connectivity index (χ1) is 5.75. The van der Waals surface area contributed by atoms with Crippen molar-refractivity contribution < 1.29 is 0 Å². The van der Waals surface area contributed by atoms with Crippen LogP contribution in [0, 0.1) is 0 Å². The summed E-state index contributed by atoms with van der Waals surface area (Å²) in [6.07, 6.45) is 3.53. The first kappa shape index (κ1) is 13.4. The van der Waals surface area contributed by atoms with Gasteiger partial charge < -0.3 is 5.73 Å². The number of hydrogen-bond acceptors (Lipinski definition) is 2. The zero-order valence-corrected chi connectivity index (χ0v) is 10.8. The molecular weight excluding hydrogens is 270 g/mol. The molecule has 1 nitrogen and oxygen atoms in total. The van der Waals surface area contributed by atoms with Crippen molar-refractivity contribution in [3.05, 3.63) is 20.8 Å². The van der Waals surface area contributed by atoms with Gasteiger partial charge in [0.2, 0.25) is 0 Å². The first-order valence-corrected chi connectivity index (χ1v) is 5.91. The average Bonchev–Trinajstić information content (AvgIpc) is 2.47. The van der Waals surface area contributed by atoms with Gasteiger partial charge in [0.1, 0.15) is 0 Å². The smallest absolute Gasteiger partial charge is 0.0401 e. The number of hydrogen-bond donors (Lipinski definition) is 1. The van der Waals surface area contributed by atoms with Crippen LogP contribution in [0.5, 0.6) is 0 Å². The highest BCUT2D eigenvalue weighted by molar-refractivity contribution is 9.10. The summed E-state index contributed by atoms with van der Waals surface area (Å²) in [7, 11) is 0. The maximum absolute atomic E-state index is 6.01. The van der Waals surface area contributed by atoms with Gasteiger partial charge in [-0.15, -0.1) is 23.7 Å². The minimum Gasteiger partial charge on any atom is -0.323 e. The lowest BCUT2D eigenvalue weighted by molar-refractivity contribution is 0.610. The molecule has 0 spiro atoms. The summed E-state index contributed by atoms with van der Waals surface area (Å²) in [5.74, 6) is 0. The summed E-state index contributed by atoms with van der Waals surface area (Å²) in [4.78, 5) is 1.28. The van der Waals surface area contributed by atoms with E-state index in [2.05, 4.69) is 34.3 Å². The van der Waals surface area contributed by atoms with Crippen molar-refractivity contribution in [2.75, 3.05) is 0 Å². The Morgan fingerprint density at radius 3 is 2.77 bits per heavy atom. The minimum atomic E-state index is 0. The van der Waals surface area contributed by atoms with Crippen molar-refractivity contribution in [1.82, 2.24) is 0 Å². The molecule has 1 atom stereocenters. The molecule has 0 amide bonds. The lowest BCUT2D eigenvalue weighted by Gasteiger charge is -2.08. The average molecular weight is 285 g/mol. The Morgan fingerprint density at radius 2 is 2.31 bits per heavy atom. The van der Waals surface area contributed by atoms with Crippen molar-refractivity contribution in [1.29, 1.82) is 0 Å². The molecule has 1 aromatic heterocycles. The molecular formula is C9H15BrClNS. The monoisotopic (exact) mass is 283 g/mol. The Balaban J connectivity index is 0.00000144. The molecule has 0 aliphatic heterocycles. The molecule has 0 aliphatic rings. The predicted molar refractivity (Wildman–Crippen MR) is 65.7 cm³/mol. The molecule has 76 valence electrons. The van der Waals surface area contributed by atoms with Gasteiger partial charge in [0, 0.05) is 15.4 Å². The number of halogens is 2. The molecule has 0 unspecified atom stereocenters. The maximum atomic E-state index is 6.01. The van der Waals surface area contributed by atoms with E-state index in [4.69, 9.17) is 5.73 Å². The maximum Gasteiger partial charge on any atom is 0.0401 e. The van der Waals surface area contributed by atoms with Crippen LogP contribution in [0.3, 0.4) is 0 Å². The summed E-state index contributed by atoms with van der Waals surface area (Å²) in [5.41, 5.74) is 6.01. The normalized spacial score (nSPS) is 12.2. The fraction of sp³-hybridized carbons (Fsp3) is 0.556. The molecule has 0 aliphatic carbocycles. The van der Waals surface area contributed by atoms with Crippen molar-refractivity contribution in [2.24, 2.45) is 5.73 Å². The second-order valence-electron chi connectivity index (χ2n) is 2.88. The fourth-order valence-corrected chi connectivity index (χ4v) is 2.83. The summed E-state index contributed by atoms with van der Waals surface area (Å²) in [6, 6.07) is 2.28. The molecule has 2 N–H and O–H groups in total. The van der Waals surface area contributed by atoms with Crippen LogP contribution >= 0.6 is 39.7 Å². The minimum absolute atomic E-state index is 0. The van der Waals surface area contributed by atoms with Crippen LogP contribution in [0.25, 0.3) is 0 Å². The van der Waals surface area contributed by atoms with Gasteiger partial charge in [-0.05, 0) is 33.8 Å². The Bertz CT molecular complexity index is 239. The molecule has 13 heavy (non-hydrogen) atoms. The Morgan fingerprint density at radius 1 is 1.62 bits per heavy atom. The molecule has 1 aromatic rings. The van der Waals surface area contributed by atoms with Gasteiger partial charge in [0.15, 0.2) is 0 Å². The summed E-state index contributed by atoms with van der Waals surface area (Å²) < 4.78 is 1.16. The SMILES string of the molecule is CCCC[C@@H](N)c1sccc1Br.Cl. The molecule has 0 fully saturated rings. The number of unbranched alkanes of at least 4 members (excludes halogenated alkanes) is 1. The zero-order valence-electron chi connectivity index (χ0n) is 7.63. The van der Waals surface area contributed by atoms with Crippen LogP contribution in [0.15, 0.2) is 15.9 Å². The van der Waals surface area contributed by atoms with Crippen molar-refractivity contribution >= 4 is 39.7 Å². The Hall–Kier alpha value is 0.430. The quantitative estimate of drug-likeness (QED) is 0.884. The van der Waals surface area contributed by atoms with Gasteiger partial charge in [-0.1, -0.05) is 19.8 Å². The molecule has 0 saturated carbocycles. The van der Waals surface area contributed by atoms with E-state index in [0.29, 0.717) is 0 Å². The van der Waals surface area contributed by atoms with Gasteiger partial charge in [-0.3, -0.25) is 0 Å². The number of rotatable bonds is 4. The third-order valence-electron chi connectivity index (χ3n) is 1.85. The third kappa shape index (κ3) is 3.98. The van der Waals surface area contributed by atoms with Crippen LogP contribution in [0.2, 0.25) is 0 Å². The molecule has 0 aromatic carbocycles. The van der Waals surface area contributed by atoms with Gasteiger partial charge in [-0.25, -0.2) is 0 Å². The van der Waals surface area contributed by atoms with Crippen LogP contribution in [0.4, 0.5) is 0 Å². The van der Waals surface area contributed by atoms with Crippen molar-refractivity contribution in [3.8, 4) is 0 Å². The van der Waals surface area contributed by atoms with Crippen LogP contribution < -0.4 is 5.73 Å². The predicted octanol–water partition coefficient (Wildman–Crippen LogP) is 4.12. The van der Waals surface area contributed by atoms with Crippen LogP contribution in [-0.4, -0.2) is 0 Å². The van der Waals surface area contributed by atoms with Gasteiger partial charge in [0.05, 0.1) is 0 Å². The second kappa shape index (κ2) is 6.82. The summed E-state index contributed by atoms with van der Waals surface area (Å²) in [5, 5.41) is 2.07. The Kier molecular flexibility index (Phi) is 7.05. The van der Waals surface area contributed by atoms with Crippen molar-refractivity contribution in [2.45, 2.75) is 32.2 Å². The highest BCUT2D eigenvalue weighted by atomic mass is 79.9. The van der Waals surface area contributed by atoms with Crippen LogP contribution in [-0.2, 0) is 0 Å². The molecule has 0 saturated heterocycles. The van der Waals surface area contributed by atoms with E-state index in [0.717, 1.165) is 10.9 Å². The van der Waals surface area contributed by atoms with E-state index < -0.39 is 0 Å². The third-order valence-corrected chi connectivity index (χ3v) is 3.85. The van der Waals surface area contributed by atoms with E-state index in [1.54, 1.807) is 11.3 Å². The van der Waals surface area contributed by atoms with E-state index >= 15 is 0 Å². The van der Waals surface area contributed by atoms with E-state index in [1.165, 1.54) is 17.7 Å². The number of nitrogens with two attached hydrogens (primary N) is 1. The van der Waals surface area contributed by atoms with E-state index in [1.807, 2.05) is 0 Å². The largest absolute Gasteiger partial charge is 0.323 e. The number of thiophene rings is 1. The van der Waals surface area contributed by atoms with E-state index in [9.17, 15) is 0 Å². The summed E-state index contributed by atoms with van der Waals surface area (Å²) in [6.45, 7) is 2.19. The zero-order chi connectivity index (χ0) is 8.97. The molecule has 0 bridgehead atoms. The standard InChI is InChI=1S/C9H14BrNS.ClH/c1-2-3-4-8(11)9-7(10)5-6-12-9;/h5-6,8H,2-4,11H2,1H3;1H/t8-;/m1./s1. The highest BCUT2D eigenvalue weighted by Crippen LogP contribution is 2.30. The molecule has 1 rings (SSSR count). The van der Waals surface area contributed by atoms with E-state index in [-0.39, 0.29) is 18.4 Å². The highest BCUT2D eigenvalue weighted by Gasteiger charge is 2.09. The van der Waals surface area contributed by atoms with Gasteiger partial charge in [0.25, 0.3) is 0 Å². The second-order valence-corrected chi connectivity index (χ2v) is 4.68. The Labute approximate surface area is 98.3 Å². The molecule has 1 heterocycles. The van der Waals surface area contributed by atoms with Gasteiger partial charge >= 0.3 is 0 Å². The van der Waals surface area contributed by atoms with Crippen LogP contribution in [0.1, 0.15) is 37.1 Å². The topological polar surface area (TPSA) is 26.0 Å². The fourth-order valence-electron chi connectivity index (χ4n) is 1.13. The van der Waals surface area contributed by atoms with Crippen molar-refractivity contribution in [3.63, 3.8) is 0 Å². The first-order valence-electron chi connectivity index (χ1n) is 4.24.